The van der Waals surface area contributed by atoms with Crippen LogP contribution in [0, 0.1) is 23.7 Å². The van der Waals surface area contributed by atoms with Crippen LogP contribution in [-0.4, -0.2) is 36.6 Å². The lowest BCUT2D eigenvalue weighted by molar-refractivity contribution is -0.185. The average Bonchev–Trinajstić information content (AvgIpc) is 2.46. The molecule has 0 spiro atoms. The molecule has 2 aliphatic rings. The largest absolute Gasteiger partial charge is 0.391 e. The highest BCUT2D eigenvalue weighted by Crippen LogP contribution is 2.40. The summed E-state index contributed by atoms with van der Waals surface area (Å²) in [5, 5.41) is 0. The topological polar surface area (TPSA) is 46.3 Å². The third kappa shape index (κ3) is 3.90. The molecule has 3 nitrogen and oxygen atoms in total. The van der Waals surface area contributed by atoms with Crippen molar-refractivity contribution in [1.82, 2.24) is 4.90 Å². The summed E-state index contributed by atoms with van der Waals surface area (Å²) >= 11 is 0. The summed E-state index contributed by atoms with van der Waals surface area (Å²) < 4.78 is 38.0. The van der Waals surface area contributed by atoms with Gasteiger partial charge in [-0.05, 0) is 50.5 Å². The highest BCUT2D eigenvalue weighted by Gasteiger charge is 2.43. The number of amides is 1. The predicted molar refractivity (Wildman–Crippen MR) is 74.4 cm³/mol. The quantitative estimate of drug-likeness (QED) is 0.852. The van der Waals surface area contributed by atoms with Gasteiger partial charge in [0.15, 0.2) is 0 Å². The molecule has 122 valence electrons. The van der Waals surface area contributed by atoms with Crippen LogP contribution in [0.15, 0.2) is 0 Å². The molecule has 1 aliphatic carbocycles. The number of hydrogen-bond acceptors (Lipinski definition) is 2. The molecule has 0 aromatic rings. The van der Waals surface area contributed by atoms with Crippen LogP contribution in [0.2, 0.25) is 0 Å². The summed E-state index contributed by atoms with van der Waals surface area (Å²) in [6.45, 7) is 4.09. The van der Waals surface area contributed by atoms with Gasteiger partial charge in [0.2, 0.25) is 5.91 Å². The van der Waals surface area contributed by atoms with Crippen molar-refractivity contribution in [2.45, 2.75) is 45.2 Å². The van der Waals surface area contributed by atoms with Crippen LogP contribution >= 0.6 is 0 Å². The molecule has 0 radical (unpaired) electrons. The van der Waals surface area contributed by atoms with Gasteiger partial charge < -0.3 is 10.6 Å². The number of likely N-dealkylation sites (tertiary alicyclic amines) is 1. The van der Waals surface area contributed by atoms with Crippen molar-refractivity contribution in [2.24, 2.45) is 29.4 Å². The van der Waals surface area contributed by atoms with E-state index in [0.29, 0.717) is 37.8 Å². The third-order valence-electron chi connectivity index (χ3n) is 5.27. The van der Waals surface area contributed by atoms with E-state index in [1.807, 2.05) is 4.90 Å². The number of carbonyl (C=O) groups is 1. The first-order chi connectivity index (χ1) is 9.82. The lowest BCUT2D eigenvalue weighted by Crippen LogP contribution is -2.48. The van der Waals surface area contributed by atoms with E-state index in [4.69, 9.17) is 5.73 Å². The van der Waals surface area contributed by atoms with Crippen LogP contribution in [0.4, 0.5) is 13.2 Å². The summed E-state index contributed by atoms with van der Waals surface area (Å²) in [6.07, 6.45) is -2.27. The van der Waals surface area contributed by atoms with E-state index < -0.39 is 12.1 Å². The van der Waals surface area contributed by atoms with Crippen molar-refractivity contribution in [1.29, 1.82) is 0 Å². The van der Waals surface area contributed by atoms with E-state index in [1.165, 1.54) is 0 Å². The van der Waals surface area contributed by atoms with Gasteiger partial charge in [0.25, 0.3) is 0 Å². The molecule has 1 aliphatic heterocycles. The number of hydrogen-bond donors (Lipinski definition) is 1. The molecule has 6 heteroatoms. The zero-order valence-corrected chi connectivity index (χ0v) is 12.5. The fourth-order valence-corrected chi connectivity index (χ4v) is 3.58. The number of carbonyl (C=O) groups excluding carboxylic acids is 1. The highest BCUT2D eigenvalue weighted by atomic mass is 19.4. The maximum atomic E-state index is 12.7. The monoisotopic (exact) mass is 306 g/mol. The summed E-state index contributed by atoms with van der Waals surface area (Å²) in [6, 6.07) is 0. The fourth-order valence-electron chi connectivity index (χ4n) is 3.58. The van der Waals surface area contributed by atoms with E-state index in [1.54, 1.807) is 0 Å². The molecule has 1 heterocycles. The van der Waals surface area contributed by atoms with Gasteiger partial charge in [-0.15, -0.1) is 0 Å². The second kappa shape index (κ2) is 6.55. The Hall–Kier alpha value is -0.780. The fraction of sp³-hybridized carbons (Fsp3) is 0.933. The van der Waals surface area contributed by atoms with Crippen molar-refractivity contribution < 1.29 is 18.0 Å². The zero-order valence-electron chi connectivity index (χ0n) is 12.5. The zero-order chi connectivity index (χ0) is 15.6. The van der Waals surface area contributed by atoms with Crippen LogP contribution in [0.1, 0.15) is 39.0 Å². The van der Waals surface area contributed by atoms with E-state index in [-0.39, 0.29) is 24.7 Å². The van der Waals surface area contributed by atoms with E-state index in [0.717, 1.165) is 13.0 Å². The number of nitrogens with zero attached hydrogens (tertiary/aromatic N) is 1. The molecule has 0 aromatic heterocycles. The first-order valence-electron chi connectivity index (χ1n) is 7.88. The molecule has 1 saturated carbocycles. The molecule has 2 N–H and O–H groups in total. The van der Waals surface area contributed by atoms with Crippen LogP contribution in [-0.2, 0) is 4.79 Å². The van der Waals surface area contributed by atoms with Gasteiger partial charge in [-0.3, -0.25) is 4.79 Å². The van der Waals surface area contributed by atoms with Crippen molar-refractivity contribution in [2.75, 3.05) is 19.6 Å². The van der Waals surface area contributed by atoms with Crippen LogP contribution < -0.4 is 5.73 Å². The normalized spacial score (nSPS) is 34.8. The highest BCUT2D eigenvalue weighted by molar-refractivity contribution is 5.79. The van der Waals surface area contributed by atoms with Gasteiger partial charge in [-0.25, -0.2) is 0 Å². The molecule has 1 saturated heterocycles. The summed E-state index contributed by atoms with van der Waals surface area (Å²) in [4.78, 5) is 14.3. The van der Waals surface area contributed by atoms with Gasteiger partial charge in [-0.1, -0.05) is 6.92 Å². The molecule has 2 rings (SSSR count). The number of alkyl halides is 3. The number of halogens is 3. The maximum absolute atomic E-state index is 12.7. The average molecular weight is 306 g/mol. The molecule has 1 amide bonds. The number of piperidine rings is 1. The Balaban J connectivity index is 1.87. The van der Waals surface area contributed by atoms with E-state index in [2.05, 4.69) is 6.92 Å². The summed E-state index contributed by atoms with van der Waals surface area (Å²) in [7, 11) is 0. The molecule has 2 atom stereocenters. The molecule has 0 aromatic carbocycles. The van der Waals surface area contributed by atoms with E-state index in [9.17, 15) is 18.0 Å². The first-order valence-corrected chi connectivity index (χ1v) is 7.88. The van der Waals surface area contributed by atoms with Gasteiger partial charge in [0.1, 0.15) is 0 Å². The Bertz CT molecular complexity index is 364. The smallest absolute Gasteiger partial charge is 0.342 e. The molecule has 2 unspecified atom stereocenters. The number of rotatable bonds is 2. The minimum atomic E-state index is -4.11. The van der Waals surface area contributed by atoms with E-state index >= 15 is 0 Å². The maximum Gasteiger partial charge on any atom is 0.391 e. The second-order valence-corrected chi connectivity index (χ2v) is 6.64. The molecule has 21 heavy (non-hydrogen) atoms. The molecule has 0 bridgehead atoms. The number of nitrogens with two attached hydrogens (primary N) is 1. The molecular weight excluding hydrogens is 281 g/mol. The third-order valence-corrected chi connectivity index (χ3v) is 5.27. The SMILES string of the molecule is CC1CCN(C(=O)C2CCC(C(F)(F)F)CC2)CC1CN. The van der Waals surface area contributed by atoms with Crippen molar-refractivity contribution in [3.8, 4) is 0 Å². The first kappa shape index (κ1) is 16.6. The van der Waals surface area contributed by atoms with Crippen molar-refractivity contribution >= 4 is 5.91 Å². The minimum absolute atomic E-state index is 0.0426. The Morgan fingerprint density at radius 3 is 2.33 bits per heavy atom. The van der Waals surface area contributed by atoms with Crippen LogP contribution in [0.3, 0.4) is 0 Å². The van der Waals surface area contributed by atoms with Crippen molar-refractivity contribution in [3.05, 3.63) is 0 Å². The van der Waals surface area contributed by atoms with Gasteiger partial charge in [0.05, 0.1) is 5.92 Å². The summed E-state index contributed by atoms with van der Waals surface area (Å²) in [5.41, 5.74) is 5.74. The Kier molecular flexibility index (Phi) is 5.17. The van der Waals surface area contributed by atoms with Gasteiger partial charge in [-0.2, -0.15) is 13.2 Å². The van der Waals surface area contributed by atoms with Crippen LogP contribution in [0.5, 0.6) is 0 Å². The lowest BCUT2D eigenvalue weighted by atomic mass is 9.80. The lowest BCUT2D eigenvalue weighted by Gasteiger charge is -2.39. The van der Waals surface area contributed by atoms with Gasteiger partial charge in [0, 0.05) is 19.0 Å². The van der Waals surface area contributed by atoms with Crippen LogP contribution in [0.25, 0.3) is 0 Å². The summed E-state index contributed by atoms with van der Waals surface area (Å²) in [5.74, 6) is -0.578. The Morgan fingerprint density at radius 1 is 1.19 bits per heavy atom. The molecule has 2 fully saturated rings. The van der Waals surface area contributed by atoms with Crippen molar-refractivity contribution in [3.63, 3.8) is 0 Å². The standard InChI is InChI=1S/C15H25F3N2O/c1-10-6-7-20(9-12(10)8-19)14(21)11-2-4-13(5-3-11)15(16,17)18/h10-13H,2-9,19H2,1H3. The Labute approximate surface area is 124 Å². The second-order valence-electron chi connectivity index (χ2n) is 6.64. The van der Waals surface area contributed by atoms with Gasteiger partial charge >= 0.3 is 6.18 Å². The minimum Gasteiger partial charge on any atom is -0.342 e. The predicted octanol–water partition coefficient (Wildman–Crippen LogP) is 2.80. The Morgan fingerprint density at radius 2 is 1.81 bits per heavy atom. The molecular formula is C15H25F3N2O.